The number of anilines is 1. The SMILES string of the molecule is Clc1ccc(/C=N/Nc2ncnc3sc4c(c23)CCCC4)cc1. The van der Waals surface area contributed by atoms with Crippen LogP contribution in [0, 0.1) is 0 Å². The Morgan fingerprint density at radius 3 is 2.83 bits per heavy atom. The van der Waals surface area contributed by atoms with E-state index < -0.39 is 0 Å². The predicted molar refractivity (Wildman–Crippen MR) is 96.7 cm³/mol. The Morgan fingerprint density at radius 1 is 1.13 bits per heavy atom. The number of rotatable bonds is 3. The highest BCUT2D eigenvalue weighted by molar-refractivity contribution is 7.19. The smallest absolute Gasteiger partial charge is 0.158 e. The third kappa shape index (κ3) is 2.94. The standard InChI is InChI=1S/C17H15ClN4S/c18-12-7-5-11(6-8-12)9-21-22-16-15-13-3-1-2-4-14(13)23-17(15)20-10-19-16/h5-10H,1-4H2,(H,19,20,22)/b21-9+. The number of nitrogens with zero attached hydrogens (tertiary/aromatic N) is 3. The minimum atomic E-state index is 0.720. The van der Waals surface area contributed by atoms with Gasteiger partial charge in [-0.25, -0.2) is 9.97 Å². The van der Waals surface area contributed by atoms with Gasteiger partial charge in [0.05, 0.1) is 11.6 Å². The van der Waals surface area contributed by atoms with E-state index in [1.807, 2.05) is 24.3 Å². The molecular weight excluding hydrogens is 328 g/mol. The molecule has 0 saturated heterocycles. The highest BCUT2D eigenvalue weighted by Gasteiger charge is 2.19. The van der Waals surface area contributed by atoms with Crippen LogP contribution in [0.3, 0.4) is 0 Å². The number of hydrogen-bond donors (Lipinski definition) is 1. The van der Waals surface area contributed by atoms with Crippen molar-refractivity contribution in [2.75, 3.05) is 5.43 Å². The summed E-state index contributed by atoms with van der Waals surface area (Å²) in [6.45, 7) is 0. The number of aromatic nitrogens is 2. The molecule has 0 unspecified atom stereocenters. The highest BCUT2D eigenvalue weighted by atomic mass is 35.5. The number of nitrogens with one attached hydrogen (secondary N) is 1. The zero-order valence-corrected chi connectivity index (χ0v) is 14.0. The maximum atomic E-state index is 5.89. The summed E-state index contributed by atoms with van der Waals surface area (Å²) < 4.78 is 0. The van der Waals surface area contributed by atoms with E-state index in [2.05, 4.69) is 20.5 Å². The van der Waals surface area contributed by atoms with E-state index >= 15 is 0 Å². The fourth-order valence-corrected chi connectivity index (χ4v) is 4.25. The maximum Gasteiger partial charge on any atom is 0.158 e. The van der Waals surface area contributed by atoms with Crippen molar-refractivity contribution in [1.82, 2.24) is 9.97 Å². The normalized spacial score (nSPS) is 14.3. The minimum Gasteiger partial charge on any atom is -0.261 e. The molecule has 1 aliphatic carbocycles. The van der Waals surface area contributed by atoms with Gasteiger partial charge in [-0.15, -0.1) is 11.3 Å². The summed E-state index contributed by atoms with van der Waals surface area (Å²) in [6, 6.07) is 7.55. The van der Waals surface area contributed by atoms with Crippen molar-refractivity contribution in [3.8, 4) is 0 Å². The van der Waals surface area contributed by atoms with E-state index in [4.69, 9.17) is 11.6 Å². The molecule has 0 radical (unpaired) electrons. The van der Waals surface area contributed by atoms with Gasteiger partial charge < -0.3 is 0 Å². The Bertz CT molecular complexity index is 870. The molecule has 0 spiro atoms. The molecule has 0 amide bonds. The molecule has 1 aromatic carbocycles. The summed E-state index contributed by atoms with van der Waals surface area (Å²) in [5.41, 5.74) is 5.47. The average molecular weight is 343 g/mol. The van der Waals surface area contributed by atoms with Crippen LogP contribution in [0.5, 0.6) is 0 Å². The first-order chi connectivity index (χ1) is 11.3. The molecule has 116 valence electrons. The Balaban J connectivity index is 1.63. The number of thiophene rings is 1. The Kier molecular flexibility index (Phi) is 3.97. The minimum absolute atomic E-state index is 0.720. The molecular formula is C17H15ClN4S. The summed E-state index contributed by atoms with van der Waals surface area (Å²) in [4.78, 5) is 11.3. The molecule has 23 heavy (non-hydrogen) atoms. The molecule has 0 bridgehead atoms. The van der Waals surface area contributed by atoms with Gasteiger partial charge >= 0.3 is 0 Å². The van der Waals surface area contributed by atoms with Crippen molar-refractivity contribution in [3.05, 3.63) is 51.6 Å². The summed E-state index contributed by atoms with van der Waals surface area (Å²) in [5, 5.41) is 6.18. The molecule has 6 heteroatoms. The van der Waals surface area contributed by atoms with E-state index in [0.29, 0.717) is 0 Å². The molecule has 3 aromatic rings. The second kappa shape index (κ2) is 6.26. The fourth-order valence-electron chi connectivity index (χ4n) is 2.89. The molecule has 4 rings (SSSR count). The number of hydrogen-bond acceptors (Lipinski definition) is 5. The number of fused-ring (bicyclic) bond motifs is 3. The monoisotopic (exact) mass is 342 g/mol. The molecule has 2 aromatic heterocycles. The van der Waals surface area contributed by atoms with E-state index in [9.17, 15) is 0 Å². The van der Waals surface area contributed by atoms with Crippen molar-refractivity contribution >= 4 is 45.2 Å². The van der Waals surface area contributed by atoms with E-state index in [1.165, 1.54) is 23.3 Å². The van der Waals surface area contributed by atoms with Gasteiger partial charge in [-0.05, 0) is 48.9 Å². The molecule has 1 aliphatic rings. The van der Waals surface area contributed by atoms with Crippen LogP contribution < -0.4 is 5.43 Å². The molecule has 0 aliphatic heterocycles. The van der Waals surface area contributed by atoms with E-state index in [1.54, 1.807) is 23.9 Å². The van der Waals surface area contributed by atoms with Crippen LogP contribution in [0.2, 0.25) is 5.02 Å². The summed E-state index contributed by atoms with van der Waals surface area (Å²) in [6.07, 6.45) is 8.14. The predicted octanol–water partition coefficient (Wildman–Crippen LogP) is 4.67. The van der Waals surface area contributed by atoms with Gasteiger partial charge in [0, 0.05) is 9.90 Å². The molecule has 0 saturated carbocycles. The van der Waals surface area contributed by atoms with Crippen LogP contribution in [0.25, 0.3) is 10.2 Å². The van der Waals surface area contributed by atoms with Crippen LogP contribution in [0.4, 0.5) is 5.82 Å². The number of hydrazone groups is 1. The van der Waals surface area contributed by atoms with Crippen LogP contribution in [0.15, 0.2) is 35.7 Å². The van der Waals surface area contributed by atoms with Crippen molar-refractivity contribution in [3.63, 3.8) is 0 Å². The topological polar surface area (TPSA) is 50.2 Å². The van der Waals surface area contributed by atoms with E-state index in [-0.39, 0.29) is 0 Å². The second-order valence-electron chi connectivity index (χ2n) is 5.53. The average Bonchev–Trinajstić information content (AvgIpc) is 2.96. The lowest BCUT2D eigenvalue weighted by Gasteiger charge is -2.11. The van der Waals surface area contributed by atoms with Crippen molar-refractivity contribution in [2.45, 2.75) is 25.7 Å². The lowest BCUT2D eigenvalue weighted by molar-refractivity contribution is 0.700. The van der Waals surface area contributed by atoms with Gasteiger partial charge in [0.2, 0.25) is 0 Å². The van der Waals surface area contributed by atoms with Gasteiger partial charge in [0.25, 0.3) is 0 Å². The molecule has 0 atom stereocenters. The van der Waals surface area contributed by atoms with Crippen molar-refractivity contribution < 1.29 is 0 Å². The quantitative estimate of drug-likeness (QED) is 0.556. The Hall–Kier alpha value is -1.98. The third-order valence-corrected chi connectivity index (χ3v) is 5.46. The van der Waals surface area contributed by atoms with Gasteiger partial charge in [-0.2, -0.15) is 5.10 Å². The van der Waals surface area contributed by atoms with Crippen LogP contribution in [-0.4, -0.2) is 16.2 Å². The highest BCUT2D eigenvalue weighted by Crippen LogP contribution is 2.38. The lowest BCUT2D eigenvalue weighted by atomic mass is 9.97. The van der Waals surface area contributed by atoms with Crippen LogP contribution in [0.1, 0.15) is 28.8 Å². The first kappa shape index (κ1) is 14.6. The van der Waals surface area contributed by atoms with E-state index in [0.717, 1.165) is 39.5 Å². The third-order valence-electron chi connectivity index (χ3n) is 4.01. The lowest BCUT2D eigenvalue weighted by Crippen LogP contribution is -2.00. The van der Waals surface area contributed by atoms with Crippen LogP contribution >= 0.6 is 22.9 Å². The zero-order valence-electron chi connectivity index (χ0n) is 12.4. The number of halogens is 1. The van der Waals surface area contributed by atoms with Gasteiger partial charge in [-0.3, -0.25) is 5.43 Å². The molecule has 1 N–H and O–H groups in total. The summed E-state index contributed by atoms with van der Waals surface area (Å²) in [5.74, 6) is 0.791. The van der Waals surface area contributed by atoms with Crippen LogP contribution in [-0.2, 0) is 12.8 Å². The summed E-state index contributed by atoms with van der Waals surface area (Å²) in [7, 11) is 0. The molecule has 0 fully saturated rings. The number of benzene rings is 1. The first-order valence-corrected chi connectivity index (χ1v) is 8.80. The van der Waals surface area contributed by atoms with Crippen molar-refractivity contribution in [2.24, 2.45) is 5.10 Å². The number of aryl methyl sites for hydroxylation is 2. The second-order valence-corrected chi connectivity index (χ2v) is 7.05. The Morgan fingerprint density at radius 2 is 1.96 bits per heavy atom. The van der Waals surface area contributed by atoms with Gasteiger partial charge in [0.15, 0.2) is 5.82 Å². The Labute approximate surface area is 143 Å². The molecule has 4 nitrogen and oxygen atoms in total. The maximum absolute atomic E-state index is 5.89. The van der Waals surface area contributed by atoms with Gasteiger partial charge in [-0.1, -0.05) is 23.7 Å². The first-order valence-electron chi connectivity index (χ1n) is 7.61. The molecule has 2 heterocycles. The fraction of sp³-hybridized carbons (Fsp3) is 0.235. The van der Waals surface area contributed by atoms with Crippen molar-refractivity contribution in [1.29, 1.82) is 0 Å². The summed E-state index contributed by atoms with van der Waals surface area (Å²) >= 11 is 7.67. The largest absolute Gasteiger partial charge is 0.261 e. The zero-order chi connectivity index (χ0) is 15.6. The van der Waals surface area contributed by atoms with Gasteiger partial charge in [0.1, 0.15) is 11.2 Å².